The van der Waals surface area contributed by atoms with Crippen molar-refractivity contribution in [2.75, 3.05) is 0 Å². The zero-order valence-corrected chi connectivity index (χ0v) is 41.1. The molecule has 0 saturated carbocycles. The van der Waals surface area contributed by atoms with Crippen molar-refractivity contribution in [2.45, 2.75) is 336 Å². The average Bonchev–Trinajstić information content (AvgIpc) is 3.23. The molecule has 0 bridgehead atoms. The minimum atomic E-state index is 1.33. The maximum Gasteiger partial charge on any atom is -0.0273 e. The summed E-state index contributed by atoms with van der Waals surface area (Å²) in [6.07, 6.45) is 68.9. The topological polar surface area (TPSA) is 0 Å². The van der Waals surface area contributed by atoms with Crippen LogP contribution in [0.25, 0.3) is 0 Å². The van der Waals surface area contributed by atoms with Gasteiger partial charge >= 0.3 is 0 Å². The second kappa shape index (κ2) is 45.7. The van der Waals surface area contributed by atoms with Gasteiger partial charge in [0.15, 0.2) is 0 Å². The Bertz CT molecular complexity index is 851. The monoisotopic (exact) mass is 807 g/mol. The van der Waals surface area contributed by atoms with Gasteiger partial charge in [0.05, 0.1) is 0 Å². The van der Waals surface area contributed by atoms with Crippen molar-refractivity contribution in [3.63, 3.8) is 0 Å². The fourth-order valence-corrected chi connectivity index (χ4v) is 9.77. The normalized spacial score (nSPS) is 11.7. The molecule has 0 N–H and O–H groups in total. The molecule has 0 aliphatic rings. The third-order valence-corrected chi connectivity index (χ3v) is 13.8. The first-order valence-corrected chi connectivity index (χ1v) is 27.9. The zero-order chi connectivity index (χ0) is 41.7. The van der Waals surface area contributed by atoms with Crippen LogP contribution in [0.4, 0.5) is 0 Å². The summed E-state index contributed by atoms with van der Waals surface area (Å²) >= 11 is 0. The Morgan fingerprint density at radius 3 is 0.534 bits per heavy atom. The van der Waals surface area contributed by atoms with Gasteiger partial charge in [0.25, 0.3) is 0 Å². The van der Waals surface area contributed by atoms with E-state index in [4.69, 9.17) is 0 Å². The second-order valence-corrected chi connectivity index (χ2v) is 19.5. The SMILES string of the molecule is CCCCCCCCCCCCCc1ccc(CCCCCCCCCCCCC)c(CCCCCCCCCCCCC)c1CCCCCCCCCCCCC. The van der Waals surface area contributed by atoms with Gasteiger partial charge in [-0.3, -0.25) is 0 Å². The zero-order valence-electron chi connectivity index (χ0n) is 41.1. The van der Waals surface area contributed by atoms with E-state index < -0.39 is 0 Å². The Balaban J connectivity index is 2.81. The van der Waals surface area contributed by atoms with Crippen LogP contribution in [0.2, 0.25) is 0 Å². The molecule has 0 nitrogen and oxygen atoms in total. The number of rotatable bonds is 48. The van der Waals surface area contributed by atoms with Crippen molar-refractivity contribution in [3.8, 4) is 0 Å². The maximum absolute atomic E-state index is 2.64. The Hall–Kier alpha value is -0.780. The molecule has 0 atom stereocenters. The Morgan fingerprint density at radius 1 is 0.190 bits per heavy atom. The summed E-state index contributed by atoms with van der Waals surface area (Å²) in [5.41, 5.74) is 7.19. The molecular weight excluding hydrogens is 697 g/mol. The van der Waals surface area contributed by atoms with Gasteiger partial charge in [0.1, 0.15) is 0 Å². The number of hydrogen-bond acceptors (Lipinski definition) is 0. The third-order valence-electron chi connectivity index (χ3n) is 13.8. The minimum Gasteiger partial charge on any atom is -0.0654 e. The van der Waals surface area contributed by atoms with Crippen LogP contribution in [0.15, 0.2) is 12.1 Å². The number of unbranched alkanes of at least 4 members (excludes halogenated alkanes) is 40. The molecule has 0 amide bonds. The summed E-state index contributed by atoms with van der Waals surface area (Å²) < 4.78 is 0. The van der Waals surface area contributed by atoms with E-state index in [1.807, 2.05) is 11.1 Å². The van der Waals surface area contributed by atoms with Gasteiger partial charge in [-0.25, -0.2) is 0 Å². The number of aryl methyl sites for hydroxylation is 2. The predicted molar refractivity (Wildman–Crippen MR) is 267 cm³/mol. The van der Waals surface area contributed by atoms with Crippen LogP contribution in [-0.2, 0) is 25.7 Å². The molecule has 1 rings (SSSR count). The molecule has 0 fully saturated rings. The highest BCUT2D eigenvalue weighted by molar-refractivity contribution is 5.42. The summed E-state index contributed by atoms with van der Waals surface area (Å²) in [6.45, 7) is 9.32. The first-order chi connectivity index (χ1) is 28.8. The van der Waals surface area contributed by atoms with E-state index in [0.29, 0.717) is 0 Å². The fraction of sp³-hybridized carbons (Fsp3) is 0.897. The van der Waals surface area contributed by atoms with Gasteiger partial charge in [-0.05, 0) is 73.6 Å². The van der Waals surface area contributed by atoms with E-state index in [1.54, 1.807) is 11.1 Å². The van der Waals surface area contributed by atoms with E-state index >= 15 is 0 Å². The molecule has 0 heteroatoms. The number of hydrogen-bond donors (Lipinski definition) is 0. The highest BCUT2D eigenvalue weighted by Crippen LogP contribution is 2.28. The van der Waals surface area contributed by atoms with Gasteiger partial charge < -0.3 is 0 Å². The van der Waals surface area contributed by atoms with E-state index in [0.717, 1.165) is 0 Å². The van der Waals surface area contributed by atoms with Crippen molar-refractivity contribution in [3.05, 3.63) is 34.4 Å². The smallest absolute Gasteiger partial charge is 0.0273 e. The van der Waals surface area contributed by atoms with Gasteiger partial charge in [0.2, 0.25) is 0 Å². The van der Waals surface area contributed by atoms with Gasteiger partial charge in [-0.15, -0.1) is 0 Å². The predicted octanol–water partition coefficient (Wildman–Crippen LogP) is 21.1. The van der Waals surface area contributed by atoms with Crippen molar-refractivity contribution in [2.24, 2.45) is 0 Å². The Labute approximate surface area is 368 Å². The van der Waals surface area contributed by atoms with E-state index in [-0.39, 0.29) is 0 Å². The summed E-state index contributed by atoms with van der Waals surface area (Å²) in [4.78, 5) is 0. The van der Waals surface area contributed by atoms with Crippen molar-refractivity contribution in [1.29, 1.82) is 0 Å². The molecule has 0 spiro atoms. The highest BCUT2D eigenvalue weighted by atomic mass is 14.2. The molecule has 1 aromatic carbocycles. The Morgan fingerprint density at radius 2 is 0.345 bits per heavy atom. The highest BCUT2D eigenvalue weighted by Gasteiger charge is 2.14. The van der Waals surface area contributed by atoms with Crippen LogP contribution in [0, 0.1) is 0 Å². The molecule has 58 heavy (non-hydrogen) atoms. The maximum atomic E-state index is 2.64. The summed E-state index contributed by atoms with van der Waals surface area (Å²) in [5.74, 6) is 0. The summed E-state index contributed by atoms with van der Waals surface area (Å²) in [7, 11) is 0. The lowest BCUT2D eigenvalue weighted by Crippen LogP contribution is -2.07. The van der Waals surface area contributed by atoms with Crippen LogP contribution in [0.1, 0.15) is 332 Å². The van der Waals surface area contributed by atoms with Crippen LogP contribution >= 0.6 is 0 Å². The number of benzene rings is 1. The van der Waals surface area contributed by atoms with Gasteiger partial charge in [0, 0.05) is 0 Å². The summed E-state index contributed by atoms with van der Waals surface area (Å²) in [5, 5.41) is 0. The molecule has 1 aromatic rings. The van der Waals surface area contributed by atoms with Crippen LogP contribution < -0.4 is 0 Å². The lowest BCUT2D eigenvalue weighted by molar-refractivity contribution is 0.543. The first-order valence-electron chi connectivity index (χ1n) is 27.9. The lowest BCUT2D eigenvalue weighted by atomic mass is 9.85. The van der Waals surface area contributed by atoms with E-state index in [1.165, 1.54) is 308 Å². The average molecular weight is 808 g/mol. The fourth-order valence-electron chi connectivity index (χ4n) is 9.77. The molecular formula is C58H110. The van der Waals surface area contributed by atoms with Crippen LogP contribution in [0.3, 0.4) is 0 Å². The van der Waals surface area contributed by atoms with Crippen molar-refractivity contribution >= 4 is 0 Å². The van der Waals surface area contributed by atoms with E-state index in [2.05, 4.69) is 39.8 Å². The second-order valence-electron chi connectivity index (χ2n) is 19.5. The quantitative estimate of drug-likeness (QED) is 0.0576. The van der Waals surface area contributed by atoms with Crippen molar-refractivity contribution < 1.29 is 0 Å². The largest absolute Gasteiger partial charge is 0.0654 e. The molecule has 0 heterocycles. The third kappa shape index (κ3) is 34.9. The first kappa shape index (κ1) is 55.2. The molecule has 0 aliphatic carbocycles. The molecule has 0 saturated heterocycles. The van der Waals surface area contributed by atoms with E-state index in [9.17, 15) is 0 Å². The minimum absolute atomic E-state index is 1.33. The van der Waals surface area contributed by atoms with Gasteiger partial charge in [-0.1, -0.05) is 297 Å². The van der Waals surface area contributed by atoms with Crippen LogP contribution in [0.5, 0.6) is 0 Å². The van der Waals surface area contributed by atoms with Gasteiger partial charge in [-0.2, -0.15) is 0 Å². The molecule has 342 valence electrons. The van der Waals surface area contributed by atoms with Crippen molar-refractivity contribution in [1.82, 2.24) is 0 Å². The lowest BCUT2D eigenvalue weighted by Gasteiger charge is -2.20. The molecule has 0 aromatic heterocycles. The standard InChI is InChI=1S/C58H110/c1-5-9-13-17-21-25-29-33-37-41-45-49-55-53-54-56(50-46-42-38-34-30-26-22-18-14-10-6-2)58(52-48-44-40-36-32-28-24-20-16-12-8-4)57(55)51-47-43-39-35-31-27-23-19-15-11-7-3/h53-54H,5-52H2,1-4H3. The molecule has 0 unspecified atom stereocenters. The molecule has 0 aliphatic heterocycles. The molecule has 0 radical (unpaired) electrons. The van der Waals surface area contributed by atoms with Crippen LogP contribution in [-0.4, -0.2) is 0 Å². The Kier molecular flexibility index (Phi) is 43.6. The summed E-state index contributed by atoms with van der Waals surface area (Å²) in [6, 6.07) is 5.28.